The van der Waals surface area contributed by atoms with Gasteiger partial charge in [0.15, 0.2) is 0 Å². The maximum Gasteiger partial charge on any atom is 0.328 e. The lowest BCUT2D eigenvalue weighted by atomic mass is 9.81. The van der Waals surface area contributed by atoms with Crippen molar-refractivity contribution in [1.29, 1.82) is 0 Å². The first-order chi connectivity index (χ1) is 7.91. The molecule has 0 atom stereocenters. The lowest BCUT2D eigenvalue weighted by Gasteiger charge is -2.24. The molecule has 0 saturated heterocycles. The topological polar surface area (TPSA) is 37.3 Å². The summed E-state index contributed by atoms with van der Waals surface area (Å²) in [4.78, 5) is 10.6. The Balaban J connectivity index is 3.08. The van der Waals surface area contributed by atoms with Crippen molar-refractivity contribution < 1.29 is 9.90 Å². The molecule has 0 unspecified atom stereocenters. The lowest BCUT2D eigenvalue weighted by Crippen LogP contribution is -2.07. The standard InChI is InChI=1S/C15H22O2/c1-10(2)15-12(4)6-5-7-13(15)8-11(3)9-14(16)17/h8-10H,5-7H2,1-4H3,(H,16,17)/b11-9-,13-8+. The van der Waals surface area contributed by atoms with Crippen LogP contribution in [0.2, 0.25) is 0 Å². The fraction of sp³-hybridized carbons (Fsp3) is 0.533. The average molecular weight is 234 g/mol. The van der Waals surface area contributed by atoms with Gasteiger partial charge in [0.2, 0.25) is 0 Å². The molecule has 1 aliphatic carbocycles. The number of aliphatic carboxylic acids is 1. The summed E-state index contributed by atoms with van der Waals surface area (Å²) in [6.07, 6.45) is 6.72. The van der Waals surface area contributed by atoms with Gasteiger partial charge in [-0.05, 0) is 55.7 Å². The quantitative estimate of drug-likeness (QED) is 0.746. The van der Waals surface area contributed by atoms with Crippen LogP contribution in [0.25, 0.3) is 0 Å². The molecular weight excluding hydrogens is 212 g/mol. The number of hydrogen-bond acceptors (Lipinski definition) is 1. The summed E-state index contributed by atoms with van der Waals surface area (Å²) in [5.41, 5.74) is 5.02. The average Bonchev–Trinajstić information content (AvgIpc) is 2.15. The van der Waals surface area contributed by atoms with Crippen molar-refractivity contribution in [2.75, 3.05) is 0 Å². The van der Waals surface area contributed by atoms with Crippen molar-refractivity contribution in [2.24, 2.45) is 5.92 Å². The first-order valence-corrected chi connectivity index (χ1v) is 6.23. The molecule has 0 bridgehead atoms. The van der Waals surface area contributed by atoms with Crippen LogP contribution >= 0.6 is 0 Å². The highest BCUT2D eigenvalue weighted by atomic mass is 16.4. The van der Waals surface area contributed by atoms with Crippen molar-refractivity contribution in [3.63, 3.8) is 0 Å². The van der Waals surface area contributed by atoms with Gasteiger partial charge >= 0.3 is 5.97 Å². The van der Waals surface area contributed by atoms with E-state index in [1.54, 1.807) is 0 Å². The van der Waals surface area contributed by atoms with E-state index >= 15 is 0 Å². The van der Waals surface area contributed by atoms with Crippen molar-refractivity contribution in [1.82, 2.24) is 0 Å². The highest BCUT2D eigenvalue weighted by molar-refractivity contribution is 5.81. The maximum absolute atomic E-state index is 10.6. The second-order valence-corrected chi connectivity index (χ2v) is 5.10. The van der Waals surface area contributed by atoms with E-state index < -0.39 is 5.97 Å². The molecule has 0 fully saturated rings. The molecule has 0 heterocycles. The zero-order valence-electron chi connectivity index (χ0n) is 11.2. The molecule has 0 spiro atoms. The summed E-state index contributed by atoms with van der Waals surface area (Å²) < 4.78 is 0. The number of carboxylic acids is 1. The van der Waals surface area contributed by atoms with Crippen molar-refractivity contribution in [3.8, 4) is 0 Å². The maximum atomic E-state index is 10.6. The summed E-state index contributed by atoms with van der Waals surface area (Å²) in [6.45, 7) is 8.45. The Bertz CT molecular complexity index is 395. The van der Waals surface area contributed by atoms with Gasteiger partial charge in [0.1, 0.15) is 0 Å². The number of carboxylic acid groups (broad SMARTS) is 1. The Morgan fingerprint density at radius 2 is 2.00 bits per heavy atom. The van der Waals surface area contributed by atoms with Gasteiger partial charge in [0.25, 0.3) is 0 Å². The minimum atomic E-state index is -0.873. The van der Waals surface area contributed by atoms with Gasteiger partial charge in [-0.15, -0.1) is 0 Å². The monoisotopic (exact) mass is 234 g/mol. The van der Waals surface area contributed by atoms with Gasteiger partial charge in [-0.3, -0.25) is 0 Å². The number of hydrogen-bond donors (Lipinski definition) is 1. The van der Waals surface area contributed by atoms with E-state index in [0.717, 1.165) is 12.0 Å². The van der Waals surface area contributed by atoms with Crippen LogP contribution in [-0.4, -0.2) is 11.1 Å². The Kier molecular flexibility index (Phi) is 4.73. The fourth-order valence-electron chi connectivity index (χ4n) is 2.61. The Labute approximate surface area is 104 Å². The van der Waals surface area contributed by atoms with Gasteiger partial charge < -0.3 is 5.11 Å². The summed E-state index contributed by atoms with van der Waals surface area (Å²) in [5, 5.41) is 8.72. The SMILES string of the molecule is CC1=C(C(C)C)/C(=C/C(C)=C\C(=O)O)CCC1. The van der Waals surface area contributed by atoms with Gasteiger partial charge in [-0.1, -0.05) is 25.5 Å². The summed E-state index contributed by atoms with van der Waals surface area (Å²) >= 11 is 0. The van der Waals surface area contributed by atoms with Crippen molar-refractivity contribution >= 4 is 5.97 Å². The molecule has 0 aromatic rings. The highest BCUT2D eigenvalue weighted by Crippen LogP contribution is 2.34. The minimum absolute atomic E-state index is 0.513. The van der Waals surface area contributed by atoms with Crippen LogP contribution in [0.5, 0.6) is 0 Å². The Hall–Kier alpha value is -1.31. The summed E-state index contributed by atoms with van der Waals surface area (Å²) in [5.74, 6) is -0.360. The van der Waals surface area contributed by atoms with E-state index in [-0.39, 0.29) is 0 Å². The molecule has 2 nitrogen and oxygen atoms in total. The van der Waals surface area contributed by atoms with E-state index in [9.17, 15) is 4.79 Å². The molecule has 1 N–H and O–H groups in total. The van der Waals surface area contributed by atoms with Gasteiger partial charge in [-0.2, -0.15) is 0 Å². The molecule has 94 valence electrons. The first kappa shape index (κ1) is 13.8. The third-order valence-electron chi connectivity index (χ3n) is 3.13. The van der Waals surface area contributed by atoms with E-state index in [2.05, 4.69) is 20.8 Å². The minimum Gasteiger partial charge on any atom is -0.478 e. The fourth-order valence-corrected chi connectivity index (χ4v) is 2.61. The second kappa shape index (κ2) is 5.85. The molecule has 2 heteroatoms. The van der Waals surface area contributed by atoms with Crippen molar-refractivity contribution in [2.45, 2.75) is 47.0 Å². The smallest absolute Gasteiger partial charge is 0.328 e. The zero-order chi connectivity index (χ0) is 13.0. The van der Waals surface area contributed by atoms with E-state index in [0.29, 0.717) is 5.92 Å². The molecule has 1 aliphatic rings. The second-order valence-electron chi connectivity index (χ2n) is 5.10. The molecule has 0 radical (unpaired) electrons. The van der Waals surface area contributed by atoms with Crippen LogP contribution in [0.4, 0.5) is 0 Å². The van der Waals surface area contributed by atoms with Crippen LogP contribution < -0.4 is 0 Å². The zero-order valence-corrected chi connectivity index (χ0v) is 11.2. The third kappa shape index (κ3) is 3.88. The van der Waals surface area contributed by atoms with Crippen LogP contribution in [-0.2, 0) is 4.79 Å². The van der Waals surface area contributed by atoms with Gasteiger partial charge in [-0.25, -0.2) is 4.79 Å². The van der Waals surface area contributed by atoms with Crippen LogP contribution in [0.15, 0.2) is 34.4 Å². The summed E-state index contributed by atoms with van der Waals surface area (Å²) in [7, 11) is 0. The Morgan fingerprint density at radius 3 is 2.53 bits per heavy atom. The Morgan fingerprint density at radius 1 is 1.35 bits per heavy atom. The molecule has 17 heavy (non-hydrogen) atoms. The van der Waals surface area contributed by atoms with Crippen LogP contribution in [0.1, 0.15) is 47.0 Å². The number of rotatable bonds is 3. The van der Waals surface area contributed by atoms with E-state index in [1.165, 1.54) is 35.6 Å². The highest BCUT2D eigenvalue weighted by Gasteiger charge is 2.17. The predicted octanol–water partition coefficient (Wildman–Crippen LogP) is 4.10. The van der Waals surface area contributed by atoms with E-state index in [1.807, 2.05) is 13.0 Å². The largest absolute Gasteiger partial charge is 0.478 e. The molecule has 0 saturated carbocycles. The molecular formula is C15H22O2. The lowest BCUT2D eigenvalue weighted by molar-refractivity contribution is -0.131. The normalized spacial score (nSPS) is 20.3. The molecule has 0 aliphatic heterocycles. The predicted molar refractivity (Wildman–Crippen MR) is 70.9 cm³/mol. The molecule has 1 rings (SSSR count). The number of allylic oxidation sites excluding steroid dienone is 5. The molecule has 0 aromatic carbocycles. The van der Waals surface area contributed by atoms with Crippen LogP contribution in [0, 0.1) is 5.92 Å². The van der Waals surface area contributed by atoms with Crippen molar-refractivity contribution in [3.05, 3.63) is 34.4 Å². The number of carbonyl (C=O) groups is 1. The van der Waals surface area contributed by atoms with Gasteiger partial charge in [0, 0.05) is 6.08 Å². The first-order valence-electron chi connectivity index (χ1n) is 6.23. The third-order valence-corrected chi connectivity index (χ3v) is 3.13. The molecule has 0 aromatic heterocycles. The van der Waals surface area contributed by atoms with Gasteiger partial charge in [0.05, 0.1) is 0 Å². The molecule has 0 amide bonds. The van der Waals surface area contributed by atoms with Crippen LogP contribution in [0.3, 0.4) is 0 Å². The summed E-state index contributed by atoms with van der Waals surface area (Å²) in [6, 6.07) is 0. The van der Waals surface area contributed by atoms with E-state index in [4.69, 9.17) is 5.11 Å².